The zero-order valence-corrected chi connectivity index (χ0v) is 17.3. The van der Waals surface area contributed by atoms with Gasteiger partial charge in [-0.2, -0.15) is 5.10 Å². The van der Waals surface area contributed by atoms with Gasteiger partial charge in [0.05, 0.1) is 6.04 Å². The SMILES string of the molecule is Cc1nc(C2CN(C(=O)NCc3ccccc3)CCCN2Cc2ccccc2)n[nH]1. The van der Waals surface area contributed by atoms with Gasteiger partial charge in [-0.15, -0.1) is 0 Å². The first-order valence-electron chi connectivity index (χ1n) is 10.4. The molecular formula is C23H28N6O. The quantitative estimate of drug-likeness (QED) is 0.684. The Bertz CT molecular complexity index is 943. The highest BCUT2D eigenvalue weighted by molar-refractivity contribution is 5.74. The molecule has 1 aliphatic heterocycles. The summed E-state index contributed by atoms with van der Waals surface area (Å²) < 4.78 is 0. The maximum Gasteiger partial charge on any atom is 0.317 e. The van der Waals surface area contributed by atoms with Crippen molar-refractivity contribution in [2.24, 2.45) is 0 Å². The van der Waals surface area contributed by atoms with Crippen LogP contribution in [-0.2, 0) is 13.1 Å². The molecule has 0 saturated carbocycles. The van der Waals surface area contributed by atoms with Gasteiger partial charge in [-0.3, -0.25) is 10.00 Å². The number of carbonyl (C=O) groups is 1. The number of aromatic amines is 1. The summed E-state index contributed by atoms with van der Waals surface area (Å²) >= 11 is 0. The number of benzene rings is 2. The minimum absolute atomic E-state index is 0.0438. The number of nitrogens with zero attached hydrogens (tertiary/aromatic N) is 4. The number of urea groups is 1. The highest BCUT2D eigenvalue weighted by Gasteiger charge is 2.31. The van der Waals surface area contributed by atoms with Crippen molar-refractivity contribution in [1.29, 1.82) is 0 Å². The minimum Gasteiger partial charge on any atom is -0.334 e. The summed E-state index contributed by atoms with van der Waals surface area (Å²) in [5.74, 6) is 1.53. The van der Waals surface area contributed by atoms with Crippen LogP contribution in [0.4, 0.5) is 4.79 Å². The number of aryl methyl sites for hydroxylation is 1. The second kappa shape index (κ2) is 9.54. The van der Waals surface area contributed by atoms with Gasteiger partial charge < -0.3 is 10.2 Å². The topological polar surface area (TPSA) is 77.2 Å². The van der Waals surface area contributed by atoms with Gasteiger partial charge in [0.25, 0.3) is 0 Å². The van der Waals surface area contributed by atoms with E-state index in [-0.39, 0.29) is 12.1 Å². The number of hydrogen-bond acceptors (Lipinski definition) is 4. The van der Waals surface area contributed by atoms with Gasteiger partial charge in [-0.25, -0.2) is 9.78 Å². The van der Waals surface area contributed by atoms with Crippen LogP contribution in [0.15, 0.2) is 60.7 Å². The molecule has 0 radical (unpaired) electrons. The van der Waals surface area contributed by atoms with Crippen molar-refractivity contribution in [1.82, 2.24) is 30.3 Å². The summed E-state index contributed by atoms with van der Waals surface area (Å²) in [7, 11) is 0. The van der Waals surface area contributed by atoms with Gasteiger partial charge >= 0.3 is 6.03 Å². The normalized spacial score (nSPS) is 17.5. The molecule has 30 heavy (non-hydrogen) atoms. The second-order valence-corrected chi connectivity index (χ2v) is 7.69. The predicted molar refractivity (Wildman–Crippen MR) is 116 cm³/mol. The second-order valence-electron chi connectivity index (χ2n) is 7.69. The van der Waals surface area contributed by atoms with Crippen LogP contribution in [0.3, 0.4) is 0 Å². The minimum atomic E-state index is -0.0554. The molecule has 1 fully saturated rings. The van der Waals surface area contributed by atoms with Gasteiger partial charge in [0.15, 0.2) is 5.82 Å². The molecule has 2 N–H and O–H groups in total. The molecule has 1 unspecified atom stereocenters. The maximum atomic E-state index is 12.9. The van der Waals surface area contributed by atoms with Gasteiger partial charge in [0.2, 0.25) is 0 Å². The van der Waals surface area contributed by atoms with Crippen LogP contribution < -0.4 is 5.32 Å². The number of rotatable bonds is 5. The molecule has 4 rings (SSSR count). The van der Waals surface area contributed by atoms with Crippen LogP contribution in [0.2, 0.25) is 0 Å². The van der Waals surface area contributed by atoms with Crippen LogP contribution in [0.5, 0.6) is 0 Å². The average molecular weight is 405 g/mol. The van der Waals surface area contributed by atoms with Gasteiger partial charge in [-0.1, -0.05) is 60.7 Å². The monoisotopic (exact) mass is 404 g/mol. The summed E-state index contributed by atoms with van der Waals surface area (Å²) in [6.07, 6.45) is 0.908. The van der Waals surface area contributed by atoms with Crippen molar-refractivity contribution in [2.75, 3.05) is 19.6 Å². The van der Waals surface area contributed by atoms with E-state index in [1.165, 1.54) is 5.56 Å². The molecule has 7 nitrogen and oxygen atoms in total. The fourth-order valence-electron chi connectivity index (χ4n) is 3.87. The van der Waals surface area contributed by atoms with Crippen molar-refractivity contribution in [2.45, 2.75) is 32.5 Å². The zero-order chi connectivity index (χ0) is 20.8. The molecule has 2 heterocycles. The highest BCUT2D eigenvalue weighted by atomic mass is 16.2. The smallest absolute Gasteiger partial charge is 0.317 e. The fraction of sp³-hybridized carbons (Fsp3) is 0.348. The van der Waals surface area contributed by atoms with Crippen LogP contribution in [0.25, 0.3) is 0 Å². The highest BCUT2D eigenvalue weighted by Crippen LogP contribution is 2.25. The lowest BCUT2D eigenvalue weighted by atomic mass is 10.1. The van der Waals surface area contributed by atoms with E-state index in [4.69, 9.17) is 0 Å². The summed E-state index contributed by atoms with van der Waals surface area (Å²) in [4.78, 5) is 21.8. The van der Waals surface area contributed by atoms with Gasteiger partial charge in [0, 0.05) is 32.7 Å². The molecule has 1 atom stereocenters. The molecule has 0 spiro atoms. The van der Waals surface area contributed by atoms with Crippen LogP contribution in [0, 0.1) is 6.92 Å². The van der Waals surface area contributed by atoms with Crippen molar-refractivity contribution in [3.63, 3.8) is 0 Å². The lowest BCUT2D eigenvalue weighted by Gasteiger charge is -2.30. The molecule has 156 valence electrons. The lowest BCUT2D eigenvalue weighted by molar-refractivity contribution is 0.162. The van der Waals surface area contributed by atoms with E-state index in [9.17, 15) is 4.79 Å². The third-order valence-corrected chi connectivity index (χ3v) is 5.42. The predicted octanol–water partition coefficient (Wildman–Crippen LogP) is 3.27. The summed E-state index contributed by atoms with van der Waals surface area (Å²) in [6.45, 7) is 5.39. The standard InChI is InChI=1S/C23H28N6O/c1-18-25-22(27-26-18)21-17-29(23(30)24-15-19-9-4-2-5-10-19)14-8-13-28(21)16-20-11-6-3-7-12-20/h2-7,9-12,21H,8,13-17H2,1H3,(H,24,30)(H,25,26,27). The van der Waals surface area contributed by atoms with Gasteiger partial charge in [0.1, 0.15) is 5.82 Å². The molecule has 2 amide bonds. The van der Waals surface area contributed by atoms with Crippen molar-refractivity contribution in [3.05, 3.63) is 83.4 Å². The Morgan fingerprint density at radius 1 is 1.07 bits per heavy atom. The number of carbonyl (C=O) groups excluding carboxylic acids is 1. The number of nitrogens with one attached hydrogen (secondary N) is 2. The van der Waals surface area contributed by atoms with Crippen LogP contribution in [-0.4, -0.2) is 50.6 Å². The Morgan fingerprint density at radius 3 is 2.43 bits per heavy atom. The average Bonchev–Trinajstić information content (AvgIpc) is 3.10. The molecule has 1 saturated heterocycles. The molecule has 1 aromatic heterocycles. The number of aromatic nitrogens is 3. The number of amides is 2. The molecule has 1 aliphatic rings. The lowest BCUT2D eigenvalue weighted by Crippen LogP contribution is -2.43. The first kappa shape index (κ1) is 20.1. The first-order valence-corrected chi connectivity index (χ1v) is 10.4. The summed E-state index contributed by atoms with van der Waals surface area (Å²) in [5.41, 5.74) is 2.34. The van der Waals surface area contributed by atoms with Crippen molar-refractivity contribution >= 4 is 6.03 Å². The van der Waals surface area contributed by atoms with E-state index in [0.717, 1.165) is 36.7 Å². The van der Waals surface area contributed by atoms with Crippen molar-refractivity contribution < 1.29 is 4.79 Å². The van der Waals surface area contributed by atoms with E-state index in [1.807, 2.05) is 48.2 Å². The molecule has 0 aliphatic carbocycles. The fourth-order valence-corrected chi connectivity index (χ4v) is 3.87. The Morgan fingerprint density at radius 2 is 1.77 bits per heavy atom. The molecular weight excluding hydrogens is 376 g/mol. The molecule has 2 aromatic carbocycles. The zero-order valence-electron chi connectivity index (χ0n) is 17.3. The van der Waals surface area contributed by atoms with E-state index in [0.29, 0.717) is 19.6 Å². The molecule has 3 aromatic rings. The van der Waals surface area contributed by atoms with E-state index >= 15 is 0 Å². The summed E-state index contributed by atoms with van der Waals surface area (Å²) in [5, 5.41) is 10.4. The molecule has 7 heteroatoms. The number of H-pyrrole nitrogens is 1. The third-order valence-electron chi connectivity index (χ3n) is 5.42. The van der Waals surface area contributed by atoms with Gasteiger partial charge in [-0.05, 0) is 24.5 Å². The third kappa shape index (κ3) is 5.04. The Balaban J connectivity index is 1.48. The van der Waals surface area contributed by atoms with E-state index in [1.54, 1.807) is 0 Å². The van der Waals surface area contributed by atoms with E-state index in [2.05, 4.69) is 49.7 Å². The summed E-state index contributed by atoms with van der Waals surface area (Å²) in [6, 6.07) is 20.3. The Kier molecular flexibility index (Phi) is 6.39. The Labute approximate surface area is 177 Å². The first-order chi connectivity index (χ1) is 14.7. The largest absolute Gasteiger partial charge is 0.334 e. The van der Waals surface area contributed by atoms with Crippen LogP contribution in [0.1, 0.15) is 35.2 Å². The van der Waals surface area contributed by atoms with Crippen molar-refractivity contribution in [3.8, 4) is 0 Å². The molecule has 0 bridgehead atoms. The van der Waals surface area contributed by atoms with Crippen LogP contribution >= 0.6 is 0 Å². The Hall–Kier alpha value is -3.19. The maximum absolute atomic E-state index is 12.9. The number of hydrogen-bond donors (Lipinski definition) is 2. The van der Waals surface area contributed by atoms with E-state index < -0.39 is 0 Å².